The molecule has 1 aromatic heterocycles. The molecule has 0 spiro atoms. The predicted octanol–water partition coefficient (Wildman–Crippen LogP) is 1.43. The van der Waals surface area contributed by atoms with Crippen molar-refractivity contribution in [3.63, 3.8) is 0 Å². The van der Waals surface area contributed by atoms with E-state index in [4.69, 9.17) is 5.73 Å². The molecule has 1 heterocycles. The van der Waals surface area contributed by atoms with Gasteiger partial charge in [-0.3, -0.25) is 4.98 Å². The van der Waals surface area contributed by atoms with Crippen LogP contribution in [0.2, 0.25) is 0 Å². The molecule has 0 aliphatic carbocycles. The van der Waals surface area contributed by atoms with Gasteiger partial charge in [-0.15, -0.1) is 12.4 Å². The Bertz CT molecular complexity index is 241. The van der Waals surface area contributed by atoms with Crippen molar-refractivity contribution in [2.75, 3.05) is 0 Å². The van der Waals surface area contributed by atoms with Gasteiger partial charge in [0.25, 0.3) is 0 Å². The summed E-state index contributed by atoms with van der Waals surface area (Å²) in [6.45, 7) is 2.33. The summed E-state index contributed by atoms with van der Waals surface area (Å²) < 4.78 is 0.782. The van der Waals surface area contributed by atoms with E-state index in [0.29, 0.717) is 6.54 Å². The van der Waals surface area contributed by atoms with E-state index >= 15 is 0 Å². The fraction of sp³-hybridized carbons (Fsp3) is 0.333. The molecule has 62 valence electrons. The Kier molecular flexibility index (Phi) is 4.56. The third-order valence-corrected chi connectivity index (χ3v) is 1.92. The smallest absolute Gasteiger partial charge is 0.127 e. The summed E-state index contributed by atoms with van der Waals surface area (Å²) in [4.78, 5) is 8.18. The van der Waals surface area contributed by atoms with Crippen LogP contribution in [0.4, 0.5) is 0 Å². The molecule has 0 amide bonds. The maximum atomic E-state index is 5.35. The predicted molar refractivity (Wildman–Crippen MR) is 49.6 cm³/mol. The first-order valence-electron chi connectivity index (χ1n) is 2.92. The molecule has 0 aliphatic heterocycles. The van der Waals surface area contributed by atoms with Crippen molar-refractivity contribution in [3.8, 4) is 0 Å². The van der Waals surface area contributed by atoms with Crippen molar-refractivity contribution < 1.29 is 0 Å². The van der Waals surface area contributed by atoms with E-state index in [1.165, 1.54) is 0 Å². The van der Waals surface area contributed by atoms with E-state index in [1.54, 1.807) is 6.20 Å². The van der Waals surface area contributed by atoms with Crippen LogP contribution >= 0.6 is 28.3 Å². The van der Waals surface area contributed by atoms with Crippen molar-refractivity contribution in [1.82, 2.24) is 9.97 Å². The molecular formula is C6H9BrClN3. The zero-order chi connectivity index (χ0) is 7.56. The molecule has 3 nitrogen and oxygen atoms in total. The molecule has 0 bridgehead atoms. The fourth-order valence-electron chi connectivity index (χ4n) is 0.613. The summed E-state index contributed by atoms with van der Waals surface area (Å²) in [6, 6.07) is 0. The summed E-state index contributed by atoms with van der Waals surface area (Å²) >= 11 is 3.24. The van der Waals surface area contributed by atoms with Gasteiger partial charge in [0.15, 0.2) is 0 Å². The van der Waals surface area contributed by atoms with Crippen molar-refractivity contribution in [1.29, 1.82) is 0 Å². The Morgan fingerprint density at radius 2 is 2.27 bits per heavy atom. The van der Waals surface area contributed by atoms with Crippen molar-refractivity contribution in [3.05, 3.63) is 22.2 Å². The van der Waals surface area contributed by atoms with Crippen LogP contribution in [-0.4, -0.2) is 9.97 Å². The zero-order valence-corrected chi connectivity index (χ0v) is 8.44. The van der Waals surface area contributed by atoms with E-state index in [1.807, 2.05) is 6.92 Å². The largest absolute Gasteiger partial charge is 0.325 e. The van der Waals surface area contributed by atoms with Gasteiger partial charge in [0, 0.05) is 6.54 Å². The van der Waals surface area contributed by atoms with Gasteiger partial charge < -0.3 is 5.73 Å². The van der Waals surface area contributed by atoms with Crippen molar-refractivity contribution >= 4 is 28.3 Å². The molecule has 0 fully saturated rings. The maximum absolute atomic E-state index is 5.35. The van der Waals surface area contributed by atoms with Crippen LogP contribution < -0.4 is 5.73 Å². The second kappa shape index (κ2) is 4.64. The lowest BCUT2D eigenvalue weighted by atomic mass is 10.4. The molecule has 1 aromatic rings. The molecule has 0 radical (unpaired) electrons. The Balaban J connectivity index is 0.000001000. The normalized spacial score (nSPS) is 9.00. The molecule has 0 saturated carbocycles. The summed E-state index contributed by atoms with van der Waals surface area (Å²) in [5.74, 6) is 0. The third kappa shape index (κ3) is 2.73. The summed E-state index contributed by atoms with van der Waals surface area (Å²) in [7, 11) is 0. The number of nitrogens with zero attached hydrogens (tertiary/aromatic N) is 2. The number of aromatic nitrogens is 2. The number of rotatable bonds is 1. The average molecular weight is 239 g/mol. The Labute approximate surface area is 80.0 Å². The molecule has 0 saturated heterocycles. The number of aryl methyl sites for hydroxylation is 1. The van der Waals surface area contributed by atoms with Crippen LogP contribution in [-0.2, 0) is 6.54 Å². The van der Waals surface area contributed by atoms with E-state index in [0.717, 1.165) is 16.0 Å². The minimum absolute atomic E-state index is 0. The lowest BCUT2D eigenvalue weighted by Gasteiger charge is -1.97. The highest BCUT2D eigenvalue weighted by Crippen LogP contribution is 2.08. The Hall–Kier alpha value is -0.190. The second-order valence-electron chi connectivity index (χ2n) is 1.94. The lowest BCUT2D eigenvalue weighted by molar-refractivity contribution is 0.928. The van der Waals surface area contributed by atoms with Crippen LogP contribution in [0.5, 0.6) is 0 Å². The number of hydrogen-bond acceptors (Lipinski definition) is 3. The van der Waals surface area contributed by atoms with Gasteiger partial charge in [0.05, 0.1) is 17.6 Å². The highest BCUT2D eigenvalue weighted by molar-refractivity contribution is 9.10. The Morgan fingerprint density at radius 1 is 1.64 bits per heavy atom. The maximum Gasteiger partial charge on any atom is 0.127 e. The zero-order valence-electron chi connectivity index (χ0n) is 6.04. The fourth-order valence-corrected chi connectivity index (χ4v) is 0.804. The highest BCUT2D eigenvalue weighted by atomic mass is 79.9. The topological polar surface area (TPSA) is 51.8 Å². The van der Waals surface area contributed by atoms with Gasteiger partial charge >= 0.3 is 0 Å². The van der Waals surface area contributed by atoms with E-state index < -0.39 is 0 Å². The van der Waals surface area contributed by atoms with Crippen LogP contribution in [0.1, 0.15) is 11.4 Å². The molecule has 1 rings (SSSR count). The molecule has 5 heteroatoms. The third-order valence-electron chi connectivity index (χ3n) is 1.15. The van der Waals surface area contributed by atoms with Gasteiger partial charge in [-0.05, 0) is 22.9 Å². The first-order valence-corrected chi connectivity index (χ1v) is 3.71. The number of hydrogen-bond donors (Lipinski definition) is 1. The molecular weight excluding hydrogens is 229 g/mol. The van der Waals surface area contributed by atoms with Gasteiger partial charge in [-0.25, -0.2) is 4.98 Å². The first kappa shape index (κ1) is 10.8. The number of nitrogens with two attached hydrogens (primary N) is 1. The SMILES string of the molecule is Cc1nc(CN)cnc1Br.Cl. The van der Waals surface area contributed by atoms with E-state index in [-0.39, 0.29) is 12.4 Å². The minimum Gasteiger partial charge on any atom is -0.325 e. The average Bonchev–Trinajstić information content (AvgIpc) is 1.95. The van der Waals surface area contributed by atoms with E-state index in [9.17, 15) is 0 Å². The van der Waals surface area contributed by atoms with Crippen LogP contribution in [0.25, 0.3) is 0 Å². The second-order valence-corrected chi connectivity index (χ2v) is 2.69. The lowest BCUT2D eigenvalue weighted by Crippen LogP contribution is -2.01. The highest BCUT2D eigenvalue weighted by Gasteiger charge is 1.96. The van der Waals surface area contributed by atoms with Crippen molar-refractivity contribution in [2.24, 2.45) is 5.73 Å². The quantitative estimate of drug-likeness (QED) is 0.805. The molecule has 0 atom stereocenters. The molecule has 0 aromatic carbocycles. The van der Waals surface area contributed by atoms with Crippen molar-refractivity contribution in [2.45, 2.75) is 13.5 Å². The summed E-state index contributed by atoms with van der Waals surface area (Å²) in [6.07, 6.45) is 1.66. The molecule has 11 heavy (non-hydrogen) atoms. The standard InChI is InChI=1S/C6H8BrN3.ClH/c1-4-6(7)9-3-5(2-8)10-4;/h3H,2,8H2,1H3;1H. The monoisotopic (exact) mass is 237 g/mol. The Morgan fingerprint density at radius 3 is 2.73 bits per heavy atom. The van der Waals surface area contributed by atoms with Crippen LogP contribution in [0.3, 0.4) is 0 Å². The first-order chi connectivity index (χ1) is 4.74. The number of halogens is 2. The van der Waals surface area contributed by atoms with Gasteiger partial charge in [0.1, 0.15) is 4.60 Å². The summed E-state index contributed by atoms with van der Waals surface area (Å²) in [5, 5.41) is 0. The van der Waals surface area contributed by atoms with E-state index in [2.05, 4.69) is 25.9 Å². The van der Waals surface area contributed by atoms with Gasteiger partial charge in [-0.2, -0.15) is 0 Å². The van der Waals surface area contributed by atoms with Gasteiger partial charge in [-0.1, -0.05) is 0 Å². The van der Waals surface area contributed by atoms with Crippen LogP contribution in [0, 0.1) is 6.92 Å². The van der Waals surface area contributed by atoms with Crippen LogP contribution in [0.15, 0.2) is 10.8 Å². The van der Waals surface area contributed by atoms with Gasteiger partial charge in [0.2, 0.25) is 0 Å². The minimum atomic E-state index is 0. The molecule has 2 N–H and O–H groups in total. The molecule has 0 aliphatic rings. The molecule has 0 unspecified atom stereocenters. The summed E-state index contributed by atoms with van der Waals surface area (Å²) in [5.41, 5.74) is 7.05.